The van der Waals surface area contributed by atoms with Crippen molar-refractivity contribution in [1.29, 1.82) is 0 Å². The van der Waals surface area contributed by atoms with Crippen molar-refractivity contribution < 1.29 is 4.79 Å². The average Bonchev–Trinajstić information content (AvgIpc) is 2.70. The Labute approximate surface area is 195 Å². The fourth-order valence-electron chi connectivity index (χ4n) is 3.99. The van der Waals surface area contributed by atoms with Gasteiger partial charge >= 0.3 is 0 Å². The van der Waals surface area contributed by atoms with E-state index < -0.39 is 0 Å². The van der Waals surface area contributed by atoms with Crippen molar-refractivity contribution in [2.24, 2.45) is 0 Å². The van der Waals surface area contributed by atoms with Gasteiger partial charge in [-0.25, -0.2) is 0 Å². The van der Waals surface area contributed by atoms with Gasteiger partial charge in [0.2, 0.25) is 0 Å². The van der Waals surface area contributed by atoms with Crippen molar-refractivity contribution >= 4 is 17.9 Å². The number of ketones is 1. The first-order valence-corrected chi connectivity index (χ1v) is 11.8. The molecule has 2 aromatic rings. The van der Waals surface area contributed by atoms with Crippen molar-refractivity contribution in [3.05, 3.63) is 81.9 Å². The molecule has 1 aliphatic rings. The number of hydrogen-bond donors (Lipinski definition) is 0. The van der Waals surface area contributed by atoms with E-state index in [0.717, 1.165) is 22.3 Å². The van der Waals surface area contributed by atoms with Crippen molar-refractivity contribution in [3.8, 4) is 0 Å². The van der Waals surface area contributed by atoms with Crippen LogP contribution in [0.3, 0.4) is 0 Å². The molecule has 0 spiro atoms. The van der Waals surface area contributed by atoms with Gasteiger partial charge in [0.05, 0.1) is 0 Å². The summed E-state index contributed by atoms with van der Waals surface area (Å²) in [6.07, 6.45) is 4.14. The zero-order valence-electron chi connectivity index (χ0n) is 21.1. The largest absolute Gasteiger partial charge is 0.292 e. The zero-order valence-corrected chi connectivity index (χ0v) is 21.1. The summed E-state index contributed by atoms with van der Waals surface area (Å²) in [6.45, 7) is 19.1. The van der Waals surface area contributed by atoms with Crippen LogP contribution in [0.15, 0.2) is 59.7 Å². The maximum atomic E-state index is 13.4. The van der Waals surface area contributed by atoms with Gasteiger partial charge in [0.1, 0.15) is 0 Å². The molecule has 1 aliphatic heterocycles. The third kappa shape index (κ3) is 5.86. The van der Waals surface area contributed by atoms with Crippen LogP contribution in [-0.2, 0) is 15.6 Å². The number of piperidine rings is 1. The van der Waals surface area contributed by atoms with Crippen molar-refractivity contribution in [3.63, 3.8) is 0 Å². The average molecular weight is 430 g/mol. The number of rotatable bonds is 3. The second-order valence-corrected chi connectivity index (χ2v) is 11.4. The van der Waals surface area contributed by atoms with Gasteiger partial charge in [-0.1, -0.05) is 90.1 Å². The molecule has 32 heavy (non-hydrogen) atoms. The van der Waals surface area contributed by atoms with Crippen LogP contribution in [0.1, 0.15) is 77.6 Å². The highest BCUT2D eigenvalue weighted by Crippen LogP contribution is 2.27. The lowest BCUT2D eigenvalue weighted by Crippen LogP contribution is -2.41. The van der Waals surface area contributed by atoms with E-state index in [2.05, 4.69) is 121 Å². The van der Waals surface area contributed by atoms with Crippen LogP contribution >= 0.6 is 0 Å². The maximum absolute atomic E-state index is 13.4. The van der Waals surface area contributed by atoms with Crippen molar-refractivity contribution in [2.45, 2.75) is 72.3 Å². The molecule has 0 atom stereocenters. The second kappa shape index (κ2) is 9.19. The Bertz CT molecular complexity index is 927. The van der Waals surface area contributed by atoms with Gasteiger partial charge in [-0.05, 0) is 59.1 Å². The van der Waals surface area contributed by atoms with E-state index >= 15 is 0 Å². The van der Waals surface area contributed by atoms with E-state index in [1.54, 1.807) is 0 Å². The maximum Gasteiger partial charge on any atom is 0.187 e. The van der Waals surface area contributed by atoms with E-state index in [4.69, 9.17) is 0 Å². The van der Waals surface area contributed by atoms with Crippen molar-refractivity contribution in [2.75, 3.05) is 13.1 Å². The highest BCUT2D eigenvalue weighted by Gasteiger charge is 2.27. The van der Waals surface area contributed by atoms with E-state index in [0.29, 0.717) is 19.1 Å². The van der Waals surface area contributed by atoms with Crippen LogP contribution < -0.4 is 0 Å². The molecule has 0 saturated carbocycles. The minimum absolute atomic E-state index is 0.124. The summed E-state index contributed by atoms with van der Waals surface area (Å²) in [7, 11) is 0. The Morgan fingerprint density at radius 3 is 1.31 bits per heavy atom. The molecule has 170 valence electrons. The second-order valence-electron chi connectivity index (χ2n) is 11.4. The van der Waals surface area contributed by atoms with E-state index in [9.17, 15) is 4.79 Å². The van der Waals surface area contributed by atoms with E-state index in [1.165, 1.54) is 11.1 Å². The van der Waals surface area contributed by atoms with Gasteiger partial charge in [-0.2, -0.15) is 0 Å². The first-order chi connectivity index (χ1) is 14.8. The minimum atomic E-state index is 0.124. The lowest BCUT2D eigenvalue weighted by Gasteiger charge is -2.33. The number of benzene rings is 2. The smallest absolute Gasteiger partial charge is 0.187 e. The summed E-state index contributed by atoms with van der Waals surface area (Å²) in [5, 5.41) is 0. The number of likely N-dealkylation sites (tertiary alicyclic amines) is 1. The summed E-state index contributed by atoms with van der Waals surface area (Å²) >= 11 is 0. The summed E-state index contributed by atoms with van der Waals surface area (Å²) < 4.78 is 0. The van der Waals surface area contributed by atoms with E-state index in [-0.39, 0.29) is 16.6 Å². The van der Waals surface area contributed by atoms with Crippen LogP contribution in [0.5, 0.6) is 0 Å². The van der Waals surface area contributed by atoms with Crippen molar-refractivity contribution in [1.82, 2.24) is 4.90 Å². The minimum Gasteiger partial charge on any atom is -0.292 e. The van der Waals surface area contributed by atoms with E-state index in [1.807, 2.05) is 0 Å². The monoisotopic (exact) mass is 429 g/mol. The molecule has 0 unspecified atom stereocenters. The lowest BCUT2D eigenvalue weighted by molar-refractivity contribution is -0.113. The third-order valence-corrected chi connectivity index (χ3v) is 6.30. The molecule has 0 radical (unpaired) electrons. The fourth-order valence-corrected chi connectivity index (χ4v) is 3.99. The van der Waals surface area contributed by atoms with Gasteiger partial charge in [0.25, 0.3) is 0 Å². The number of carbonyl (C=O) groups excluding carboxylic acids is 1. The summed E-state index contributed by atoms with van der Waals surface area (Å²) in [5.41, 5.74) is 6.76. The highest BCUT2D eigenvalue weighted by molar-refractivity contribution is 6.14. The molecule has 3 rings (SSSR count). The summed E-state index contributed by atoms with van der Waals surface area (Å²) in [5.74, 6) is 0.168. The topological polar surface area (TPSA) is 20.3 Å². The molecule has 0 amide bonds. The summed E-state index contributed by atoms with van der Waals surface area (Å²) in [4.78, 5) is 15.8. The number of hydrogen-bond acceptors (Lipinski definition) is 2. The molecule has 1 fully saturated rings. The normalized spacial score (nSPS) is 18.7. The molecule has 2 heteroatoms. The van der Waals surface area contributed by atoms with Crippen LogP contribution in [0, 0.1) is 0 Å². The molecule has 1 saturated heterocycles. The van der Waals surface area contributed by atoms with Gasteiger partial charge < -0.3 is 0 Å². The SMILES string of the molecule is CC(C)N1CC(=Cc2ccc(C(C)(C)C)cc2)C(=O)C(=Cc2ccc(C(C)(C)C)cc2)C1. The van der Waals surface area contributed by atoms with Gasteiger partial charge in [0, 0.05) is 30.3 Å². The molecule has 2 aromatic carbocycles. The first kappa shape index (κ1) is 24.2. The van der Waals surface area contributed by atoms with Gasteiger partial charge in [-0.3, -0.25) is 9.69 Å². The van der Waals surface area contributed by atoms with Crippen LogP contribution in [0.2, 0.25) is 0 Å². The molecule has 0 N–H and O–H groups in total. The molecule has 1 heterocycles. The fraction of sp³-hybridized carbons (Fsp3) is 0.433. The lowest BCUT2D eigenvalue weighted by atomic mass is 9.86. The third-order valence-electron chi connectivity index (χ3n) is 6.30. The highest BCUT2D eigenvalue weighted by atomic mass is 16.1. The van der Waals surface area contributed by atoms with Crippen LogP contribution in [0.4, 0.5) is 0 Å². The Kier molecular flexibility index (Phi) is 6.95. The Morgan fingerprint density at radius 1 is 0.688 bits per heavy atom. The molecular weight excluding hydrogens is 390 g/mol. The molecule has 0 aliphatic carbocycles. The van der Waals surface area contributed by atoms with Crippen LogP contribution in [0.25, 0.3) is 12.2 Å². The molecule has 0 bridgehead atoms. The number of nitrogens with zero attached hydrogens (tertiary/aromatic N) is 1. The van der Waals surface area contributed by atoms with Gasteiger partial charge in [-0.15, -0.1) is 0 Å². The molecule has 2 nitrogen and oxygen atoms in total. The van der Waals surface area contributed by atoms with Gasteiger partial charge in [0.15, 0.2) is 5.78 Å². The number of carbonyl (C=O) groups is 1. The molecular formula is C30H39NO. The quantitative estimate of drug-likeness (QED) is 0.488. The van der Waals surface area contributed by atoms with Crippen LogP contribution in [-0.4, -0.2) is 29.8 Å². The predicted octanol–water partition coefficient (Wildman–Crippen LogP) is 7.04. The first-order valence-electron chi connectivity index (χ1n) is 11.8. The number of Topliss-reactive ketones (excluding diaryl/α,β-unsaturated/α-hetero) is 1. The Morgan fingerprint density at radius 2 is 1.03 bits per heavy atom. The Balaban J connectivity index is 1.92. The summed E-state index contributed by atoms with van der Waals surface area (Å²) in [6, 6.07) is 17.6. The molecule has 0 aromatic heterocycles. The predicted molar refractivity (Wildman–Crippen MR) is 138 cm³/mol. The standard InChI is InChI=1S/C30H39NO/c1-21(2)31-19-24(17-22-9-13-26(14-10-22)29(3,4)5)28(32)25(20-31)18-23-11-15-27(16-12-23)30(6,7)8/h9-18,21H,19-20H2,1-8H3. The zero-order chi connectivity index (χ0) is 23.7. The Hall–Kier alpha value is -2.45.